The normalized spacial score (nSPS) is 15.6. The Morgan fingerprint density at radius 1 is 1.35 bits per heavy atom. The Morgan fingerprint density at radius 2 is 2.13 bits per heavy atom. The van der Waals surface area contributed by atoms with Crippen molar-refractivity contribution in [3.63, 3.8) is 0 Å². The van der Waals surface area contributed by atoms with Gasteiger partial charge in [-0.2, -0.15) is 0 Å². The maximum absolute atomic E-state index is 13.3. The molecule has 2 aromatic rings. The van der Waals surface area contributed by atoms with Crippen molar-refractivity contribution in [3.05, 3.63) is 45.1 Å². The second-order valence-corrected chi connectivity index (χ2v) is 7.27. The summed E-state index contributed by atoms with van der Waals surface area (Å²) in [5.74, 6) is -0.807. The summed E-state index contributed by atoms with van der Waals surface area (Å²) < 4.78 is 13.8. The first-order valence-corrected chi connectivity index (χ1v) is 9.22. The number of hydrogen-bond acceptors (Lipinski definition) is 4. The molecule has 1 fully saturated rings. The first kappa shape index (κ1) is 16.5. The maximum atomic E-state index is 13.3. The molecular formula is C16H17BrFN3OS. The van der Waals surface area contributed by atoms with Crippen LogP contribution in [0.15, 0.2) is 28.1 Å². The van der Waals surface area contributed by atoms with Crippen molar-refractivity contribution in [2.45, 2.75) is 25.8 Å². The molecule has 1 amide bonds. The summed E-state index contributed by atoms with van der Waals surface area (Å²) in [7, 11) is 0. The van der Waals surface area contributed by atoms with Crippen LogP contribution >= 0.6 is 27.3 Å². The molecule has 0 bridgehead atoms. The number of nitrogens with one attached hydrogen (secondary N) is 1. The Labute approximate surface area is 146 Å². The van der Waals surface area contributed by atoms with E-state index in [9.17, 15) is 9.18 Å². The van der Waals surface area contributed by atoms with Gasteiger partial charge in [-0.15, -0.1) is 11.3 Å². The highest BCUT2D eigenvalue weighted by Crippen LogP contribution is 2.22. The Morgan fingerprint density at radius 3 is 2.91 bits per heavy atom. The fourth-order valence-electron chi connectivity index (χ4n) is 2.62. The molecule has 1 aromatic carbocycles. The average Bonchev–Trinajstić information content (AvgIpc) is 2.97. The molecular weight excluding hydrogens is 381 g/mol. The number of carbonyl (C=O) groups excluding carboxylic acids is 1. The lowest BCUT2D eigenvalue weighted by atomic mass is 10.1. The summed E-state index contributed by atoms with van der Waals surface area (Å²) in [6.45, 7) is 3.03. The number of halogens is 2. The first-order chi connectivity index (χ1) is 11.1. The van der Waals surface area contributed by atoms with E-state index in [1.54, 1.807) is 0 Å². The van der Waals surface area contributed by atoms with E-state index in [0.29, 0.717) is 9.60 Å². The van der Waals surface area contributed by atoms with Crippen molar-refractivity contribution in [2.75, 3.05) is 18.4 Å². The van der Waals surface area contributed by atoms with E-state index in [2.05, 4.69) is 31.1 Å². The van der Waals surface area contributed by atoms with Crippen molar-refractivity contribution in [1.29, 1.82) is 0 Å². The van der Waals surface area contributed by atoms with Gasteiger partial charge in [-0.1, -0.05) is 6.42 Å². The van der Waals surface area contributed by atoms with Gasteiger partial charge in [0, 0.05) is 16.4 Å². The topological polar surface area (TPSA) is 45.2 Å². The Balaban J connectivity index is 1.64. The number of likely N-dealkylation sites (tertiary alicyclic amines) is 1. The predicted molar refractivity (Wildman–Crippen MR) is 93.3 cm³/mol. The molecule has 0 aliphatic carbocycles. The lowest BCUT2D eigenvalue weighted by Crippen LogP contribution is -2.29. The second kappa shape index (κ2) is 7.51. The fourth-order valence-corrected chi connectivity index (χ4v) is 3.74. The molecule has 1 saturated heterocycles. The van der Waals surface area contributed by atoms with Crippen LogP contribution < -0.4 is 5.32 Å². The van der Waals surface area contributed by atoms with Gasteiger partial charge in [0.15, 0.2) is 5.13 Å². The molecule has 0 saturated carbocycles. The van der Waals surface area contributed by atoms with Gasteiger partial charge in [0.2, 0.25) is 0 Å². The number of benzene rings is 1. The van der Waals surface area contributed by atoms with Crippen molar-refractivity contribution in [3.8, 4) is 0 Å². The van der Waals surface area contributed by atoms with E-state index >= 15 is 0 Å². The first-order valence-electron chi connectivity index (χ1n) is 7.55. The van der Waals surface area contributed by atoms with Crippen molar-refractivity contribution in [1.82, 2.24) is 9.88 Å². The smallest absolute Gasteiger partial charge is 0.258 e. The van der Waals surface area contributed by atoms with E-state index in [-0.39, 0.29) is 11.5 Å². The highest BCUT2D eigenvalue weighted by atomic mass is 79.9. The minimum Gasteiger partial charge on any atom is -0.298 e. The summed E-state index contributed by atoms with van der Waals surface area (Å²) in [6.07, 6.45) is 3.78. The van der Waals surface area contributed by atoms with Crippen molar-refractivity contribution < 1.29 is 9.18 Å². The van der Waals surface area contributed by atoms with Crippen LogP contribution in [0.4, 0.5) is 9.52 Å². The Hall–Kier alpha value is -1.31. The van der Waals surface area contributed by atoms with Crippen LogP contribution in [0.1, 0.15) is 35.3 Å². The zero-order valence-corrected chi connectivity index (χ0v) is 14.9. The van der Waals surface area contributed by atoms with Crippen LogP contribution in [0.25, 0.3) is 0 Å². The van der Waals surface area contributed by atoms with Crippen LogP contribution in [0, 0.1) is 5.82 Å². The van der Waals surface area contributed by atoms with E-state index in [1.807, 2.05) is 5.38 Å². The standard InChI is InChI=1S/C16H17BrFN3OS/c17-14-5-4-11(18)8-13(14)15(22)20-16-19-12(10-23-16)9-21-6-2-1-3-7-21/h4-5,8,10H,1-3,6-7,9H2,(H,19,20,22). The summed E-state index contributed by atoms with van der Waals surface area (Å²) in [6, 6.07) is 4.04. The molecule has 1 N–H and O–H groups in total. The molecule has 2 heterocycles. The number of aromatic nitrogens is 1. The van der Waals surface area contributed by atoms with Gasteiger partial charge in [0.25, 0.3) is 5.91 Å². The quantitative estimate of drug-likeness (QED) is 0.836. The number of hydrogen-bond donors (Lipinski definition) is 1. The molecule has 1 aromatic heterocycles. The van der Waals surface area contributed by atoms with E-state index in [0.717, 1.165) is 25.3 Å². The lowest BCUT2D eigenvalue weighted by Gasteiger charge is -2.25. The maximum Gasteiger partial charge on any atom is 0.258 e. The number of carbonyl (C=O) groups is 1. The molecule has 122 valence electrons. The van der Waals surface area contributed by atoms with Gasteiger partial charge in [-0.3, -0.25) is 15.0 Å². The van der Waals surface area contributed by atoms with Crippen molar-refractivity contribution >= 4 is 38.3 Å². The minimum atomic E-state index is -0.441. The van der Waals surface area contributed by atoms with Gasteiger partial charge in [0.05, 0.1) is 11.3 Å². The minimum absolute atomic E-state index is 0.262. The van der Waals surface area contributed by atoms with Crippen molar-refractivity contribution in [2.24, 2.45) is 0 Å². The lowest BCUT2D eigenvalue weighted by molar-refractivity contribution is 0.102. The number of nitrogens with zero attached hydrogens (tertiary/aromatic N) is 2. The monoisotopic (exact) mass is 397 g/mol. The van der Waals surface area contributed by atoms with Gasteiger partial charge >= 0.3 is 0 Å². The van der Waals surface area contributed by atoms with Crippen LogP contribution in [0.2, 0.25) is 0 Å². The molecule has 7 heteroatoms. The molecule has 0 spiro atoms. The van der Waals surface area contributed by atoms with Gasteiger partial charge in [-0.05, 0) is 60.1 Å². The zero-order chi connectivity index (χ0) is 16.2. The predicted octanol–water partition coefficient (Wildman–Crippen LogP) is 4.28. The fraction of sp³-hybridized carbons (Fsp3) is 0.375. The van der Waals surface area contributed by atoms with Gasteiger partial charge in [-0.25, -0.2) is 9.37 Å². The van der Waals surface area contributed by atoms with Crippen LogP contribution in [-0.2, 0) is 6.54 Å². The molecule has 4 nitrogen and oxygen atoms in total. The Bertz CT molecular complexity index is 700. The molecule has 3 rings (SSSR count). The number of amides is 1. The summed E-state index contributed by atoms with van der Waals surface area (Å²) >= 11 is 4.66. The highest BCUT2D eigenvalue weighted by Gasteiger charge is 2.15. The SMILES string of the molecule is O=C(Nc1nc(CN2CCCCC2)cs1)c1cc(F)ccc1Br. The largest absolute Gasteiger partial charge is 0.298 e. The third kappa shape index (κ3) is 4.37. The average molecular weight is 398 g/mol. The molecule has 0 unspecified atom stereocenters. The number of thiazole rings is 1. The number of piperidine rings is 1. The molecule has 0 radical (unpaired) electrons. The Kier molecular flexibility index (Phi) is 5.40. The summed E-state index contributed by atoms with van der Waals surface area (Å²) in [5, 5.41) is 5.24. The number of anilines is 1. The molecule has 23 heavy (non-hydrogen) atoms. The third-order valence-electron chi connectivity index (χ3n) is 3.78. The highest BCUT2D eigenvalue weighted by molar-refractivity contribution is 9.10. The molecule has 0 atom stereocenters. The third-order valence-corrected chi connectivity index (χ3v) is 5.28. The zero-order valence-electron chi connectivity index (χ0n) is 12.5. The van der Waals surface area contributed by atoms with Crippen LogP contribution in [0.3, 0.4) is 0 Å². The number of rotatable bonds is 4. The molecule has 1 aliphatic heterocycles. The van der Waals surface area contributed by atoms with Crippen LogP contribution in [-0.4, -0.2) is 28.9 Å². The second-order valence-electron chi connectivity index (χ2n) is 5.56. The van der Waals surface area contributed by atoms with Gasteiger partial charge in [0.1, 0.15) is 5.82 Å². The van der Waals surface area contributed by atoms with Gasteiger partial charge < -0.3 is 0 Å². The van der Waals surface area contributed by atoms with E-state index in [1.165, 1.54) is 48.8 Å². The summed E-state index contributed by atoms with van der Waals surface area (Å²) in [5.41, 5.74) is 1.23. The van der Waals surface area contributed by atoms with Crippen LogP contribution in [0.5, 0.6) is 0 Å². The van der Waals surface area contributed by atoms with E-state index < -0.39 is 5.82 Å². The van der Waals surface area contributed by atoms with E-state index in [4.69, 9.17) is 0 Å². The molecule has 1 aliphatic rings. The summed E-state index contributed by atoms with van der Waals surface area (Å²) in [4.78, 5) is 19.1.